The molecule has 0 aliphatic carbocycles. The van der Waals surface area contributed by atoms with Crippen molar-refractivity contribution in [1.29, 1.82) is 0 Å². The zero-order valence-corrected chi connectivity index (χ0v) is 17.2. The summed E-state index contributed by atoms with van der Waals surface area (Å²) in [6, 6.07) is 19.0. The Bertz CT molecular complexity index is 892. The molecule has 2 heteroatoms. The van der Waals surface area contributed by atoms with Gasteiger partial charge in [-0.3, -0.25) is 0 Å². The van der Waals surface area contributed by atoms with E-state index in [9.17, 15) is 0 Å². The van der Waals surface area contributed by atoms with Crippen molar-refractivity contribution >= 4 is 11.5 Å². The second-order valence-electron chi connectivity index (χ2n) is 7.85. The summed E-state index contributed by atoms with van der Waals surface area (Å²) in [4.78, 5) is 4.89. The number of hydrogen-bond acceptors (Lipinski definition) is 1. The molecular formula is C25H29N2-. The van der Waals surface area contributed by atoms with Gasteiger partial charge in [-0.1, -0.05) is 88.1 Å². The second kappa shape index (κ2) is 7.96. The Kier molecular flexibility index (Phi) is 5.65. The minimum absolute atomic E-state index is 0.421. The first-order valence-electron chi connectivity index (χ1n) is 9.76. The summed E-state index contributed by atoms with van der Waals surface area (Å²) >= 11 is 0. The van der Waals surface area contributed by atoms with E-state index in [-0.39, 0.29) is 0 Å². The number of nitrogens with zero attached hydrogens (tertiary/aromatic N) is 2. The van der Waals surface area contributed by atoms with E-state index in [1.807, 2.05) is 6.07 Å². The van der Waals surface area contributed by atoms with Crippen LogP contribution in [-0.2, 0) is 0 Å². The number of benzene rings is 2. The standard InChI is InChI=1S/C25H29N2/c1-16(2)20-12-8-13-21(17(3)4)25(20)27-23-15-9-14-22(26-23)24-18(5)10-7-11-19(24)6/h7-17H,1-6H3/q-1. The van der Waals surface area contributed by atoms with Gasteiger partial charge in [0, 0.05) is 0 Å². The summed E-state index contributed by atoms with van der Waals surface area (Å²) in [5, 5.41) is 5.02. The van der Waals surface area contributed by atoms with E-state index in [0.717, 1.165) is 17.2 Å². The Morgan fingerprint density at radius 1 is 0.704 bits per heavy atom. The molecule has 0 aliphatic heterocycles. The van der Waals surface area contributed by atoms with Gasteiger partial charge >= 0.3 is 0 Å². The van der Waals surface area contributed by atoms with Crippen molar-refractivity contribution in [3.8, 4) is 11.3 Å². The van der Waals surface area contributed by atoms with Crippen LogP contribution in [0.1, 0.15) is 61.8 Å². The third kappa shape index (κ3) is 4.05. The molecule has 27 heavy (non-hydrogen) atoms. The van der Waals surface area contributed by atoms with Crippen LogP contribution < -0.4 is 0 Å². The summed E-state index contributed by atoms with van der Waals surface area (Å²) in [5.41, 5.74) is 8.31. The maximum Gasteiger partial charge on any atom is -0.0166 e. The molecule has 2 aromatic carbocycles. The van der Waals surface area contributed by atoms with E-state index in [4.69, 9.17) is 10.3 Å². The van der Waals surface area contributed by atoms with Gasteiger partial charge in [0.05, 0.1) is 0 Å². The Labute approximate surface area is 163 Å². The SMILES string of the molecule is Cc1cccc(C)c1-c1cccc([N-]c2c(C(C)C)cccc2C(C)C)n1. The van der Waals surface area contributed by atoms with Crippen LogP contribution in [0.2, 0.25) is 0 Å². The molecule has 0 atom stereocenters. The van der Waals surface area contributed by atoms with Crippen molar-refractivity contribution in [1.82, 2.24) is 4.98 Å². The molecule has 0 saturated carbocycles. The van der Waals surface area contributed by atoms with Crippen LogP contribution >= 0.6 is 0 Å². The highest BCUT2D eigenvalue weighted by Crippen LogP contribution is 2.42. The molecule has 140 valence electrons. The highest BCUT2D eigenvalue weighted by molar-refractivity contribution is 5.75. The maximum atomic E-state index is 5.02. The van der Waals surface area contributed by atoms with Crippen molar-refractivity contribution in [2.45, 2.75) is 53.4 Å². The molecule has 2 nitrogen and oxygen atoms in total. The number of para-hydroxylation sites is 1. The second-order valence-corrected chi connectivity index (χ2v) is 7.85. The van der Waals surface area contributed by atoms with E-state index >= 15 is 0 Å². The number of pyridine rings is 1. The fourth-order valence-electron chi connectivity index (χ4n) is 3.60. The summed E-state index contributed by atoms with van der Waals surface area (Å²) in [6.45, 7) is 13.2. The topological polar surface area (TPSA) is 27.0 Å². The zero-order chi connectivity index (χ0) is 19.6. The fourth-order valence-corrected chi connectivity index (χ4v) is 3.60. The van der Waals surface area contributed by atoms with Crippen molar-refractivity contribution < 1.29 is 0 Å². The van der Waals surface area contributed by atoms with Crippen LogP contribution in [0.3, 0.4) is 0 Å². The predicted molar refractivity (Wildman–Crippen MR) is 116 cm³/mol. The van der Waals surface area contributed by atoms with E-state index in [2.05, 4.69) is 90.1 Å². The lowest BCUT2D eigenvalue weighted by Crippen LogP contribution is -1.96. The van der Waals surface area contributed by atoms with Gasteiger partial charge in [0.1, 0.15) is 0 Å². The van der Waals surface area contributed by atoms with Gasteiger partial charge in [-0.15, -0.1) is 0 Å². The third-order valence-electron chi connectivity index (χ3n) is 5.04. The molecule has 0 unspecified atom stereocenters. The Balaban J connectivity index is 2.06. The van der Waals surface area contributed by atoms with E-state index in [1.165, 1.54) is 27.8 Å². The highest BCUT2D eigenvalue weighted by Gasteiger charge is 2.11. The van der Waals surface area contributed by atoms with Gasteiger partial charge in [-0.25, -0.2) is 0 Å². The van der Waals surface area contributed by atoms with Crippen molar-refractivity contribution in [3.05, 3.63) is 82.2 Å². The Morgan fingerprint density at radius 3 is 1.78 bits per heavy atom. The molecule has 0 bridgehead atoms. The molecule has 1 aromatic heterocycles. The average molecular weight is 358 g/mol. The van der Waals surface area contributed by atoms with Gasteiger partial charge in [-0.2, -0.15) is 0 Å². The number of aromatic nitrogens is 1. The van der Waals surface area contributed by atoms with E-state index < -0.39 is 0 Å². The largest absolute Gasteiger partial charge is 0.436 e. The summed E-state index contributed by atoms with van der Waals surface area (Å²) in [5.74, 6) is 1.61. The van der Waals surface area contributed by atoms with E-state index in [1.54, 1.807) is 0 Å². The highest BCUT2D eigenvalue weighted by atomic mass is 15.0. The summed E-state index contributed by atoms with van der Waals surface area (Å²) in [7, 11) is 0. The quantitative estimate of drug-likeness (QED) is 0.455. The third-order valence-corrected chi connectivity index (χ3v) is 5.04. The van der Waals surface area contributed by atoms with Crippen LogP contribution in [0, 0.1) is 13.8 Å². The summed E-state index contributed by atoms with van der Waals surface area (Å²) in [6.07, 6.45) is 0. The Morgan fingerprint density at radius 2 is 1.22 bits per heavy atom. The van der Waals surface area contributed by atoms with Gasteiger partial charge in [-0.05, 0) is 64.9 Å². The van der Waals surface area contributed by atoms with Crippen molar-refractivity contribution in [3.63, 3.8) is 0 Å². The number of rotatable bonds is 5. The molecule has 0 N–H and O–H groups in total. The molecule has 0 spiro atoms. The van der Waals surface area contributed by atoms with Gasteiger partial charge < -0.3 is 10.3 Å². The smallest absolute Gasteiger partial charge is 0.0166 e. The van der Waals surface area contributed by atoms with Crippen molar-refractivity contribution in [2.75, 3.05) is 0 Å². The molecule has 3 aromatic rings. The predicted octanol–water partition coefficient (Wildman–Crippen LogP) is 7.95. The fraction of sp³-hybridized carbons (Fsp3) is 0.320. The molecule has 0 fully saturated rings. The van der Waals surface area contributed by atoms with Crippen LogP contribution in [0.4, 0.5) is 11.5 Å². The van der Waals surface area contributed by atoms with E-state index in [0.29, 0.717) is 11.8 Å². The molecule has 0 saturated heterocycles. The molecule has 0 radical (unpaired) electrons. The number of hydrogen-bond donors (Lipinski definition) is 0. The van der Waals surface area contributed by atoms with Crippen molar-refractivity contribution in [2.24, 2.45) is 0 Å². The van der Waals surface area contributed by atoms with Gasteiger partial charge in [0.25, 0.3) is 0 Å². The summed E-state index contributed by atoms with van der Waals surface area (Å²) < 4.78 is 0. The van der Waals surface area contributed by atoms with Crippen LogP contribution in [0.15, 0.2) is 54.6 Å². The zero-order valence-electron chi connectivity index (χ0n) is 17.2. The molecule has 3 rings (SSSR count). The molecule has 0 aliphatic rings. The van der Waals surface area contributed by atoms with Crippen LogP contribution in [0.25, 0.3) is 16.6 Å². The molecular weight excluding hydrogens is 328 g/mol. The minimum atomic E-state index is 0.421. The lowest BCUT2D eigenvalue weighted by Gasteiger charge is -2.27. The van der Waals surface area contributed by atoms with Crippen LogP contribution in [0.5, 0.6) is 0 Å². The normalized spacial score (nSPS) is 11.3. The minimum Gasteiger partial charge on any atom is -0.436 e. The lowest BCUT2D eigenvalue weighted by atomic mass is 9.92. The van der Waals surface area contributed by atoms with Gasteiger partial charge in [0.15, 0.2) is 0 Å². The average Bonchev–Trinajstić information content (AvgIpc) is 2.61. The first-order chi connectivity index (χ1) is 12.9. The first kappa shape index (κ1) is 19.2. The molecule has 1 heterocycles. The maximum absolute atomic E-state index is 5.02. The van der Waals surface area contributed by atoms with Gasteiger partial charge in [0.2, 0.25) is 0 Å². The Hall–Kier alpha value is -2.61. The van der Waals surface area contributed by atoms with Crippen LogP contribution in [-0.4, -0.2) is 4.98 Å². The lowest BCUT2D eigenvalue weighted by molar-refractivity contribution is 0.840. The number of aryl methyl sites for hydroxylation is 2. The monoisotopic (exact) mass is 357 g/mol. The molecule has 0 amide bonds. The first-order valence-corrected chi connectivity index (χ1v) is 9.76.